The lowest BCUT2D eigenvalue weighted by molar-refractivity contribution is 0.385. The van der Waals surface area contributed by atoms with Crippen LogP contribution in [-0.2, 0) is 40.7 Å². The minimum Gasteiger partial charge on any atom is -0.284 e. The Balaban J connectivity index is 1.68. The Bertz CT molecular complexity index is 3110. The predicted molar refractivity (Wildman–Crippen MR) is 207 cm³/mol. The van der Waals surface area contributed by atoms with E-state index in [0.29, 0.717) is 11.1 Å². The second-order valence-electron chi connectivity index (χ2n) is 12.1. The maximum atomic E-state index is 13.7. The van der Waals surface area contributed by atoms with Gasteiger partial charge in [-0.1, -0.05) is 121 Å². The van der Waals surface area contributed by atoms with Crippen molar-refractivity contribution in [1.82, 2.24) is 34.7 Å². The Labute approximate surface area is 330 Å². The fourth-order valence-electron chi connectivity index (χ4n) is 6.12. The number of hydrogen-bond donors (Lipinski definition) is 4. The van der Waals surface area contributed by atoms with Gasteiger partial charge in [0.2, 0.25) is 11.2 Å². The molecule has 58 heavy (non-hydrogen) atoms. The summed E-state index contributed by atoms with van der Waals surface area (Å²) < 4.78 is 149. The molecule has 19 nitrogen and oxygen atoms in total. The number of rotatable bonds is 10. The first-order valence-corrected chi connectivity index (χ1v) is 22.0. The second-order valence-corrected chi connectivity index (χ2v) is 17.7. The summed E-state index contributed by atoms with van der Waals surface area (Å²) in [5.41, 5.74) is -2.26. The van der Waals surface area contributed by atoms with Crippen molar-refractivity contribution in [2.24, 2.45) is 0 Å². The van der Waals surface area contributed by atoms with E-state index in [4.69, 9.17) is 0 Å². The van der Waals surface area contributed by atoms with E-state index in [1.165, 1.54) is 24.3 Å². The van der Waals surface area contributed by atoms with Gasteiger partial charge in [-0.25, -0.2) is 14.3 Å². The lowest BCUT2D eigenvalue weighted by Crippen LogP contribution is -2.49. The molecule has 0 spiro atoms. The van der Waals surface area contributed by atoms with Gasteiger partial charge < -0.3 is 0 Å². The minimum absolute atomic E-state index is 0.0102. The van der Waals surface area contributed by atoms with Crippen LogP contribution in [0.15, 0.2) is 131 Å². The van der Waals surface area contributed by atoms with Crippen LogP contribution in [0.2, 0.25) is 0 Å². The van der Waals surface area contributed by atoms with Gasteiger partial charge in [-0.3, -0.25) is 18.2 Å². The third kappa shape index (κ3) is 7.74. The van der Waals surface area contributed by atoms with Crippen LogP contribution >= 0.6 is 0 Å². The first-order valence-electron chi connectivity index (χ1n) is 16.2. The molecule has 6 aromatic rings. The van der Waals surface area contributed by atoms with E-state index in [1.807, 2.05) is 0 Å². The molecule has 2 aromatic heterocycles. The molecule has 0 radical (unpaired) electrons. The molecule has 1 atom stereocenters. The van der Waals surface area contributed by atoms with Crippen molar-refractivity contribution < 1.29 is 51.9 Å². The highest BCUT2D eigenvalue weighted by Crippen LogP contribution is 2.47. The van der Waals surface area contributed by atoms with E-state index in [0.717, 1.165) is 0 Å². The van der Waals surface area contributed by atoms with Gasteiger partial charge in [0, 0.05) is 22.3 Å². The van der Waals surface area contributed by atoms with Crippen LogP contribution in [-0.4, -0.2) is 91.9 Å². The van der Waals surface area contributed by atoms with Crippen molar-refractivity contribution >= 4 is 51.9 Å². The zero-order valence-electron chi connectivity index (χ0n) is 28.9. The Morgan fingerprint density at radius 1 is 0.448 bits per heavy atom. The fraction of sp³-hybridized carbons (Fsp3) is 0.0286. The van der Waals surface area contributed by atoms with Crippen molar-refractivity contribution in [3.8, 4) is 45.0 Å². The number of hydrogen-bond acceptors (Lipinski definition) is 14. The number of nitrogens with zero attached hydrogens (tertiary/aromatic N) is 7. The molecule has 0 fully saturated rings. The van der Waals surface area contributed by atoms with Crippen molar-refractivity contribution in [2.45, 2.75) is 5.37 Å². The quantitative estimate of drug-likeness (QED) is 0.142. The van der Waals surface area contributed by atoms with Gasteiger partial charge in [0.05, 0.1) is 5.57 Å². The number of allylic oxidation sites excluding steroid dienone is 1. The van der Waals surface area contributed by atoms with E-state index < -0.39 is 83.1 Å². The fourth-order valence-corrected chi connectivity index (χ4v) is 10.9. The molecule has 23 heteroatoms. The molecule has 4 N–H and O–H groups in total. The lowest BCUT2D eigenvalue weighted by atomic mass is 10.0. The second kappa shape index (κ2) is 15.0. The minimum atomic E-state index is -6.29. The molecule has 4 aromatic carbocycles. The van der Waals surface area contributed by atoms with Crippen LogP contribution in [0.5, 0.6) is 0 Å². The highest BCUT2D eigenvalue weighted by Gasteiger charge is 2.55. The molecular formula is C35H25N7O12S4. The summed E-state index contributed by atoms with van der Waals surface area (Å²) in [6, 6.07) is 31.9. The molecular weight excluding hydrogens is 839 g/mol. The van der Waals surface area contributed by atoms with Crippen molar-refractivity contribution in [1.29, 1.82) is 0 Å². The largest absolute Gasteiger partial charge is 0.361 e. The summed E-state index contributed by atoms with van der Waals surface area (Å²) in [6.07, 6.45) is 0. The molecule has 3 heterocycles. The van der Waals surface area contributed by atoms with E-state index in [2.05, 4.69) is 30.4 Å². The molecule has 1 aliphatic rings. The average Bonchev–Trinajstić information content (AvgIpc) is 3.19. The normalized spacial score (nSPS) is 15.4. The van der Waals surface area contributed by atoms with Gasteiger partial charge in [-0.05, 0) is 0 Å². The van der Waals surface area contributed by atoms with Gasteiger partial charge in [0.1, 0.15) is 38.3 Å². The number of benzene rings is 4. The first-order chi connectivity index (χ1) is 27.4. The zero-order chi connectivity index (χ0) is 41.6. The van der Waals surface area contributed by atoms with E-state index in [-0.39, 0.29) is 33.9 Å². The summed E-state index contributed by atoms with van der Waals surface area (Å²) in [4.78, 5) is 4.68. The molecule has 1 aliphatic heterocycles. The van der Waals surface area contributed by atoms with E-state index in [9.17, 15) is 51.9 Å². The van der Waals surface area contributed by atoms with Crippen molar-refractivity contribution in [3.05, 3.63) is 143 Å². The summed E-state index contributed by atoms with van der Waals surface area (Å²) in [5, 5.41) is 12.3. The third-order valence-electron chi connectivity index (χ3n) is 8.41. The Kier molecular flexibility index (Phi) is 10.3. The maximum Gasteiger partial charge on any atom is 0.361 e. The van der Waals surface area contributed by atoms with E-state index >= 15 is 0 Å². The van der Waals surface area contributed by atoms with Crippen LogP contribution in [0.3, 0.4) is 0 Å². The van der Waals surface area contributed by atoms with Crippen LogP contribution < -0.4 is 0 Å². The maximum absolute atomic E-state index is 13.7. The predicted octanol–water partition coefficient (Wildman–Crippen LogP) is 3.91. The molecule has 296 valence electrons. The molecule has 1 unspecified atom stereocenters. The van der Waals surface area contributed by atoms with Crippen LogP contribution in [0.25, 0.3) is 56.3 Å². The van der Waals surface area contributed by atoms with Crippen molar-refractivity contribution in [2.75, 3.05) is 0 Å². The summed E-state index contributed by atoms with van der Waals surface area (Å²) >= 11 is 0. The summed E-state index contributed by atoms with van der Waals surface area (Å²) in [7, 11) is -24.9. The number of aromatic nitrogens is 6. The van der Waals surface area contributed by atoms with Crippen molar-refractivity contribution in [3.63, 3.8) is 0 Å². The molecule has 0 bridgehead atoms. The summed E-state index contributed by atoms with van der Waals surface area (Å²) in [6.45, 7) is 0. The van der Waals surface area contributed by atoms with Crippen LogP contribution in [0.4, 0.5) is 0 Å². The van der Waals surface area contributed by atoms with Gasteiger partial charge >= 0.3 is 10.3 Å². The monoisotopic (exact) mass is 863 g/mol. The van der Waals surface area contributed by atoms with Gasteiger partial charge in [0.25, 0.3) is 30.4 Å². The standard InChI is InChI=1S/C35H25N7O12S4/c43-55(44,45)31-25(33-36-26(21-13-5-1-6-14-21)28(38-40-33)23-17-9-3-10-18-23)32(56(46,47)48)35(57(49,50)51)42(58(52,53)54)30(31)34-37-27(22-15-7-2-8-16-22)29(39-41-34)24-19-11-4-12-20-24/h1-20,35H,(H,43,44,45)(H,46,47,48)(H,49,50,51)(H,52,53,54). The molecule has 0 saturated carbocycles. The Morgan fingerprint density at radius 2 is 0.810 bits per heavy atom. The molecule has 0 amide bonds. The molecule has 0 aliphatic carbocycles. The zero-order valence-corrected chi connectivity index (χ0v) is 32.2. The summed E-state index contributed by atoms with van der Waals surface area (Å²) in [5.74, 6) is -2.31. The van der Waals surface area contributed by atoms with Crippen LogP contribution in [0.1, 0.15) is 11.6 Å². The van der Waals surface area contributed by atoms with Gasteiger partial charge in [-0.2, -0.15) is 33.7 Å². The first kappa shape index (κ1) is 40.0. The molecule has 7 rings (SSSR count). The smallest absolute Gasteiger partial charge is 0.284 e. The topological polar surface area (TPSA) is 298 Å². The van der Waals surface area contributed by atoms with Crippen LogP contribution in [0, 0.1) is 0 Å². The van der Waals surface area contributed by atoms with Gasteiger partial charge in [0.15, 0.2) is 5.82 Å². The highest BCUT2D eigenvalue weighted by molar-refractivity contribution is 7.95. The highest BCUT2D eigenvalue weighted by atomic mass is 32.2. The van der Waals surface area contributed by atoms with Gasteiger partial charge in [-0.15, -0.1) is 20.4 Å². The lowest BCUT2D eigenvalue weighted by Gasteiger charge is -2.35. The Morgan fingerprint density at radius 3 is 1.16 bits per heavy atom. The Hall–Kier alpha value is -6.18. The van der Waals surface area contributed by atoms with E-state index in [1.54, 1.807) is 97.1 Å². The SMILES string of the molecule is O=S(=O)(O)C1=C(c2nnc(-c3ccccc3)c(-c3ccccc3)n2)N(S(=O)(=O)O)C(S(=O)(=O)O)C(S(=O)(=O)O)=C1c1nnc(-c2ccccc2)c(-c2ccccc2)n1. The molecule has 0 saturated heterocycles. The third-order valence-corrected chi connectivity index (χ3v) is 12.5. The average molecular weight is 864 g/mol.